The second-order valence-corrected chi connectivity index (χ2v) is 8.06. The first-order valence-electron chi connectivity index (χ1n) is 11.1. The van der Waals surface area contributed by atoms with Crippen molar-refractivity contribution in [2.45, 2.75) is 64.8 Å². The molecule has 0 saturated carbocycles. The van der Waals surface area contributed by atoms with Gasteiger partial charge in [-0.05, 0) is 50.0 Å². The van der Waals surface area contributed by atoms with E-state index < -0.39 is 11.1 Å². The van der Waals surface area contributed by atoms with E-state index in [9.17, 15) is 19.7 Å². The fourth-order valence-electron chi connectivity index (χ4n) is 3.03. The van der Waals surface area contributed by atoms with E-state index in [0.717, 1.165) is 25.7 Å². The second-order valence-electron chi connectivity index (χ2n) is 8.06. The molecule has 5 N–H and O–H groups in total. The van der Waals surface area contributed by atoms with Crippen molar-refractivity contribution in [2.24, 2.45) is 16.6 Å². The molecular weight excluding hydrogens is 412 g/mol. The molecule has 178 valence electrons. The summed E-state index contributed by atoms with van der Waals surface area (Å²) in [6.07, 6.45) is 4.52. The minimum Gasteiger partial charge on any atom is -0.365 e. The van der Waals surface area contributed by atoms with Crippen molar-refractivity contribution in [1.82, 2.24) is 16.1 Å². The number of nitrogens with two attached hydrogens (primary N) is 1. The fraction of sp³-hybridized carbons (Fsp3) is 0.591. The fourth-order valence-corrected chi connectivity index (χ4v) is 3.03. The van der Waals surface area contributed by atoms with E-state index >= 15 is 0 Å². The van der Waals surface area contributed by atoms with Crippen LogP contribution in [0.15, 0.2) is 35.3 Å². The van der Waals surface area contributed by atoms with Gasteiger partial charge in [-0.15, -0.1) is 0 Å². The lowest BCUT2D eigenvalue weighted by Crippen LogP contribution is -2.47. The number of unbranched alkanes of at least 4 members (excludes halogenated alkanes) is 1. The van der Waals surface area contributed by atoms with Gasteiger partial charge in [0.2, 0.25) is 11.8 Å². The van der Waals surface area contributed by atoms with Gasteiger partial charge < -0.3 is 16.4 Å². The average molecular weight is 449 g/mol. The Bertz CT molecular complexity index is 739. The van der Waals surface area contributed by atoms with Crippen molar-refractivity contribution >= 4 is 17.8 Å². The van der Waals surface area contributed by atoms with E-state index in [1.165, 1.54) is 5.56 Å². The molecule has 0 spiro atoms. The molecule has 0 unspecified atom stereocenters. The van der Waals surface area contributed by atoms with Gasteiger partial charge in [-0.2, -0.15) is 0 Å². The van der Waals surface area contributed by atoms with E-state index in [1.807, 2.05) is 18.2 Å². The predicted octanol–water partition coefficient (Wildman–Crippen LogP) is 1.92. The summed E-state index contributed by atoms with van der Waals surface area (Å²) < 4.78 is 0. The first-order chi connectivity index (χ1) is 15.3. The lowest BCUT2D eigenvalue weighted by atomic mass is 10.1. The summed E-state index contributed by atoms with van der Waals surface area (Å²) in [5, 5.41) is 15.2. The molecule has 32 heavy (non-hydrogen) atoms. The Kier molecular flexibility index (Phi) is 13.1. The molecular formula is C22H36N6O4. The molecule has 1 atom stereocenters. The number of carbonyl (C=O) groups is 2. The van der Waals surface area contributed by atoms with Crippen LogP contribution in [0.25, 0.3) is 0 Å². The highest BCUT2D eigenvalue weighted by Gasteiger charge is 2.20. The Labute approximate surface area is 189 Å². The molecule has 0 saturated heterocycles. The summed E-state index contributed by atoms with van der Waals surface area (Å²) in [5.74, 6) is -0.237. The standard InChI is InChI=1S/C22H36N6O4/c1-17(2)14-16-24-21(30)19(12-8-15-25-22(23)27-28(31)32)26-20(29)13-7-6-11-18-9-4-3-5-10-18/h3-5,9-10,17,19H,6-8,11-16H2,1-2H3,(H,24,30)(H,26,29)(H3,23,25,27)/t19-/m0/s1. The predicted molar refractivity (Wildman–Crippen MR) is 124 cm³/mol. The molecule has 0 fully saturated rings. The van der Waals surface area contributed by atoms with Crippen LogP contribution in [0, 0.1) is 16.0 Å². The molecule has 10 nitrogen and oxygen atoms in total. The van der Waals surface area contributed by atoms with Crippen molar-refractivity contribution in [1.29, 1.82) is 0 Å². The van der Waals surface area contributed by atoms with Crippen molar-refractivity contribution in [3.8, 4) is 0 Å². The van der Waals surface area contributed by atoms with Crippen LogP contribution in [0.5, 0.6) is 0 Å². The molecule has 1 rings (SSSR count). The molecule has 1 aromatic rings. The number of rotatable bonds is 15. The maximum atomic E-state index is 12.6. The third kappa shape index (κ3) is 13.2. The number of amides is 2. The summed E-state index contributed by atoms with van der Waals surface area (Å²) in [5.41, 5.74) is 8.39. The zero-order chi connectivity index (χ0) is 23.8. The van der Waals surface area contributed by atoms with Gasteiger partial charge in [-0.25, -0.2) is 15.1 Å². The Balaban J connectivity index is 2.48. The van der Waals surface area contributed by atoms with Crippen molar-refractivity contribution in [3.05, 3.63) is 46.0 Å². The van der Waals surface area contributed by atoms with Crippen molar-refractivity contribution < 1.29 is 14.6 Å². The van der Waals surface area contributed by atoms with E-state index in [-0.39, 0.29) is 24.3 Å². The number of guanidine groups is 1. The first kappa shape index (κ1) is 26.9. The number of nitrogens with one attached hydrogen (secondary N) is 3. The first-order valence-corrected chi connectivity index (χ1v) is 11.1. The third-order valence-corrected chi connectivity index (χ3v) is 4.77. The van der Waals surface area contributed by atoms with Crippen LogP contribution in [0.2, 0.25) is 0 Å². The summed E-state index contributed by atoms with van der Waals surface area (Å²) in [4.78, 5) is 39.1. The number of aliphatic imine (C=N–C) groups is 1. The lowest BCUT2D eigenvalue weighted by molar-refractivity contribution is -0.525. The number of nitrogens with zero attached hydrogens (tertiary/aromatic N) is 2. The van der Waals surface area contributed by atoms with Crippen LogP contribution < -0.4 is 21.8 Å². The average Bonchev–Trinajstić information content (AvgIpc) is 2.73. The van der Waals surface area contributed by atoms with E-state index in [4.69, 9.17) is 5.73 Å². The van der Waals surface area contributed by atoms with Gasteiger partial charge >= 0.3 is 0 Å². The number of aryl methyl sites for hydroxylation is 1. The Morgan fingerprint density at radius 2 is 1.84 bits per heavy atom. The number of carbonyl (C=O) groups excluding carboxylic acids is 2. The van der Waals surface area contributed by atoms with E-state index in [1.54, 1.807) is 5.43 Å². The normalized spacial score (nSPS) is 12.3. The Hall–Kier alpha value is -3.17. The van der Waals surface area contributed by atoms with E-state index in [2.05, 4.69) is 41.6 Å². The molecule has 0 aromatic heterocycles. The van der Waals surface area contributed by atoms with Crippen LogP contribution in [-0.2, 0) is 16.0 Å². The Morgan fingerprint density at radius 1 is 1.12 bits per heavy atom. The SMILES string of the molecule is CC(C)CCNC(=O)[C@H](CCCN=C(N)N[N+](=O)[O-])NC(=O)CCCCc1ccccc1. The van der Waals surface area contributed by atoms with Crippen LogP contribution in [0.4, 0.5) is 0 Å². The number of hydrazine groups is 1. The topological polar surface area (TPSA) is 152 Å². The molecule has 0 aliphatic heterocycles. The maximum absolute atomic E-state index is 12.6. The third-order valence-electron chi connectivity index (χ3n) is 4.77. The molecule has 1 aromatic carbocycles. The maximum Gasteiger partial charge on any atom is 0.251 e. The van der Waals surface area contributed by atoms with Crippen molar-refractivity contribution in [3.63, 3.8) is 0 Å². The zero-order valence-electron chi connectivity index (χ0n) is 19.0. The van der Waals surface area contributed by atoms with Gasteiger partial charge in [0.1, 0.15) is 6.04 Å². The van der Waals surface area contributed by atoms with E-state index in [0.29, 0.717) is 31.7 Å². The monoisotopic (exact) mass is 448 g/mol. The van der Waals surface area contributed by atoms with Crippen LogP contribution in [0.1, 0.15) is 57.9 Å². The summed E-state index contributed by atoms with van der Waals surface area (Å²) in [6.45, 7) is 4.89. The number of nitro groups is 1. The zero-order valence-corrected chi connectivity index (χ0v) is 19.0. The summed E-state index contributed by atoms with van der Waals surface area (Å²) >= 11 is 0. The van der Waals surface area contributed by atoms with Gasteiger partial charge in [0.15, 0.2) is 5.03 Å². The summed E-state index contributed by atoms with van der Waals surface area (Å²) in [6, 6.07) is 9.42. The number of benzene rings is 1. The van der Waals surface area contributed by atoms with Gasteiger partial charge in [-0.3, -0.25) is 9.59 Å². The van der Waals surface area contributed by atoms with Crippen molar-refractivity contribution in [2.75, 3.05) is 13.1 Å². The van der Waals surface area contributed by atoms with Gasteiger partial charge in [0.25, 0.3) is 5.96 Å². The van der Waals surface area contributed by atoms with Crippen LogP contribution in [0.3, 0.4) is 0 Å². The quantitative estimate of drug-likeness (QED) is 0.106. The summed E-state index contributed by atoms with van der Waals surface area (Å²) in [7, 11) is 0. The highest BCUT2D eigenvalue weighted by molar-refractivity contribution is 5.87. The molecule has 2 amide bonds. The minimum absolute atomic E-state index is 0.167. The largest absolute Gasteiger partial charge is 0.365 e. The minimum atomic E-state index is -0.790. The smallest absolute Gasteiger partial charge is 0.251 e. The number of hydrogen-bond acceptors (Lipinski definition) is 5. The highest BCUT2D eigenvalue weighted by atomic mass is 16.7. The second kappa shape index (κ2) is 15.6. The van der Waals surface area contributed by atoms with Gasteiger partial charge in [0.05, 0.1) is 0 Å². The van der Waals surface area contributed by atoms with Crippen LogP contribution in [-0.4, -0.2) is 41.9 Å². The molecule has 0 radical (unpaired) electrons. The Morgan fingerprint density at radius 3 is 2.50 bits per heavy atom. The molecule has 0 heterocycles. The molecule has 0 aliphatic carbocycles. The molecule has 10 heteroatoms. The van der Waals surface area contributed by atoms with Crippen LogP contribution >= 0.6 is 0 Å². The van der Waals surface area contributed by atoms with Gasteiger partial charge in [-0.1, -0.05) is 49.6 Å². The molecule has 0 aliphatic rings. The highest BCUT2D eigenvalue weighted by Crippen LogP contribution is 2.07. The lowest BCUT2D eigenvalue weighted by Gasteiger charge is -2.19. The molecule has 0 bridgehead atoms. The van der Waals surface area contributed by atoms with Gasteiger partial charge in [0, 0.05) is 19.5 Å². The number of hydrogen-bond donors (Lipinski definition) is 4.